The lowest BCUT2D eigenvalue weighted by atomic mass is 9.64. The monoisotopic (exact) mass is 376 g/mol. The highest BCUT2D eigenvalue weighted by Gasteiger charge is 2.14. The Hall–Kier alpha value is -2.97. The zero-order chi connectivity index (χ0) is 18.8. The lowest BCUT2D eigenvalue weighted by Gasteiger charge is -2.14. The van der Waals surface area contributed by atoms with Crippen LogP contribution in [0, 0.1) is 0 Å². The third-order valence-electron chi connectivity index (χ3n) is 4.35. The van der Waals surface area contributed by atoms with Gasteiger partial charge < -0.3 is 15.5 Å². The number of rotatable bonds is 5. The van der Waals surface area contributed by atoms with Crippen LogP contribution in [0.15, 0.2) is 54.2 Å². The molecule has 2 aromatic heterocycles. The number of ether oxygens (including phenoxy) is 1. The molecule has 27 heavy (non-hydrogen) atoms. The van der Waals surface area contributed by atoms with E-state index in [2.05, 4.69) is 14.6 Å². The molecule has 2 heterocycles. The maximum Gasteiger partial charge on any atom is 0.320 e. The number of nitrogen functional groups attached to an aromatic ring is 1. The molecule has 4 aromatic rings. The van der Waals surface area contributed by atoms with Gasteiger partial charge in [0.1, 0.15) is 12.4 Å². The van der Waals surface area contributed by atoms with Crippen LogP contribution >= 0.6 is 11.5 Å². The first-order valence-electron chi connectivity index (χ1n) is 8.46. The second kappa shape index (κ2) is 7.34. The van der Waals surface area contributed by atoms with Gasteiger partial charge in [-0.1, -0.05) is 25.0 Å². The van der Waals surface area contributed by atoms with Gasteiger partial charge in [0.25, 0.3) is 0 Å². The van der Waals surface area contributed by atoms with Gasteiger partial charge in [-0.05, 0) is 40.8 Å². The van der Waals surface area contributed by atoms with Crippen LogP contribution in [0.2, 0.25) is 6.82 Å². The molecule has 0 spiro atoms. The summed E-state index contributed by atoms with van der Waals surface area (Å²) in [5.74, 6) is 0.724. The summed E-state index contributed by atoms with van der Waals surface area (Å²) in [6, 6.07) is 11.5. The Labute approximate surface area is 160 Å². The van der Waals surface area contributed by atoms with E-state index >= 15 is 0 Å². The van der Waals surface area contributed by atoms with Crippen molar-refractivity contribution in [3.05, 3.63) is 59.7 Å². The van der Waals surface area contributed by atoms with E-state index in [9.17, 15) is 5.02 Å². The van der Waals surface area contributed by atoms with Crippen molar-refractivity contribution in [2.24, 2.45) is 0 Å². The van der Waals surface area contributed by atoms with Gasteiger partial charge in [-0.2, -0.15) is 10.2 Å². The molecule has 0 radical (unpaired) electrons. The van der Waals surface area contributed by atoms with Gasteiger partial charge in [-0.25, -0.2) is 4.37 Å². The maximum absolute atomic E-state index is 9.99. The molecule has 0 bridgehead atoms. The molecule has 8 heteroatoms. The Kier molecular flexibility index (Phi) is 4.74. The number of benzene rings is 2. The summed E-state index contributed by atoms with van der Waals surface area (Å²) < 4.78 is 10.1. The number of fused-ring (bicyclic) bond motifs is 1. The molecule has 3 N–H and O–H groups in total. The molecule has 2 aromatic carbocycles. The molecule has 0 saturated heterocycles. The van der Waals surface area contributed by atoms with Crippen LogP contribution in [0.4, 0.5) is 5.69 Å². The third-order valence-corrected chi connectivity index (χ3v) is 4.98. The van der Waals surface area contributed by atoms with Crippen molar-refractivity contribution < 1.29 is 9.76 Å². The van der Waals surface area contributed by atoms with Gasteiger partial charge in [0, 0.05) is 28.1 Å². The minimum Gasteiger partial charge on any atom is -0.488 e. The Balaban J connectivity index is 1.77. The van der Waals surface area contributed by atoms with Gasteiger partial charge in [-0.3, -0.25) is 0 Å². The number of aromatic nitrogens is 3. The minimum atomic E-state index is -0.574. The predicted octanol–water partition coefficient (Wildman–Crippen LogP) is 2.74. The van der Waals surface area contributed by atoms with E-state index in [0.29, 0.717) is 17.8 Å². The van der Waals surface area contributed by atoms with Gasteiger partial charge in [0.15, 0.2) is 0 Å². The first-order chi connectivity index (χ1) is 13.1. The van der Waals surface area contributed by atoms with E-state index in [-0.39, 0.29) is 0 Å². The minimum absolute atomic E-state index is 0.428. The molecule has 0 aliphatic heterocycles. The molecular formula is C19H17BN4O2S. The number of hydrogen-bond acceptors (Lipinski definition) is 7. The lowest BCUT2D eigenvalue weighted by Crippen LogP contribution is -2.26. The van der Waals surface area contributed by atoms with Crippen molar-refractivity contribution in [1.29, 1.82) is 0 Å². The predicted molar refractivity (Wildman–Crippen MR) is 109 cm³/mol. The van der Waals surface area contributed by atoms with Crippen LogP contribution < -0.4 is 15.9 Å². The maximum atomic E-state index is 9.99. The van der Waals surface area contributed by atoms with Gasteiger partial charge in [0.05, 0.1) is 17.4 Å². The van der Waals surface area contributed by atoms with Gasteiger partial charge in [-0.15, -0.1) is 0 Å². The molecule has 134 valence electrons. The smallest absolute Gasteiger partial charge is 0.320 e. The van der Waals surface area contributed by atoms with Crippen molar-refractivity contribution in [3.8, 4) is 16.9 Å². The van der Waals surface area contributed by atoms with Crippen molar-refractivity contribution >= 4 is 40.5 Å². The number of hydrogen-bond donors (Lipinski definition) is 2. The van der Waals surface area contributed by atoms with Gasteiger partial charge >= 0.3 is 6.92 Å². The summed E-state index contributed by atoms with van der Waals surface area (Å²) in [4.78, 5) is 0. The standard InChI is InChI=1S/C19H17BN4O2S/c1-20(25)14-3-5-19(26-10-12-8-23-27-11-12)16(7-14)13-2-4-15-17(21)9-22-24-18(15)6-13/h2-9,11,25H,10H2,1H3,(H2,21,24). The fourth-order valence-corrected chi connectivity index (χ4v) is 3.39. The van der Waals surface area contributed by atoms with Crippen LogP contribution in [0.3, 0.4) is 0 Å². The highest BCUT2D eigenvalue weighted by molar-refractivity contribution is 7.03. The first kappa shape index (κ1) is 17.4. The highest BCUT2D eigenvalue weighted by Crippen LogP contribution is 2.32. The van der Waals surface area contributed by atoms with Crippen LogP contribution in [-0.4, -0.2) is 26.5 Å². The van der Waals surface area contributed by atoms with Crippen LogP contribution in [-0.2, 0) is 6.61 Å². The summed E-state index contributed by atoms with van der Waals surface area (Å²) in [6.45, 7) is 1.59. The van der Waals surface area contributed by atoms with E-state index in [1.807, 2.05) is 41.8 Å². The molecule has 0 amide bonds. The molecule has 0 atom stereocenters. The average Bonchev–Trinajstić information content (AvgIpc) is 3.20. The Bertz CT molecular complexity index is 1090. The van der Waals surface area contributed by atoms with Crippen LogP contribution in [0.5, 0.6) is 5.75 Å². The quantitative estimate of drug-likeness (QED) is 0.520. The molecule has 0 fully saturated rings. The van der Waals surface area contributed by atoms with Crippen LogP contribution in [0.25, 0.3) is 22.0 Å². The van der Waals surface area contributed by atoms with Crippen molar-refractivity contribution in [2.45, 2.75) is 13.4 Å². The summed E-state index contributed by atoms with van der Waals surface area (Å²) in [5, 5.41) is 20.9. The molecule has 4 rings (SSSR count). The average molecular weight is 376 g/mol. The van der Waals surface area contributed by atoms with E-state index in [4.69, 9.17) is 10.5 Å². The summed E-state index contributed by atoms with van der Waals surface area (Å²) in [7, 11) is 0. The number of nitrogens with two attached hydrogens (primary N) is 1. The lowest BCUT2D eigenvalue weighted by molar-refractivity contribution is 0.308. The SMILES string of the molecule is CB(O)c1ccc(OCc2cnsc2)c(-c2ccc3c(N)cnnc3c2)c1. The molecular weight excluding hydrogens is 359 g/mol. The van der Waals surface area contributed by atoms with Crippen LogP contribution in [0.1, 0.15) is 5.56 Å². The van der Waals surface area contributed by atoms with E-state index in [0.717, 1.165) is 33.3 Å². The largest absolute Gasteiger partial charge is 0.488 e. The number of nitrogens with zero attached hydrogens (tertiary/aromatic N) is 3. The summed E-state index contributed by atoms with van der Waals surface area (Å²) in [6.07, 6.45) is 3.34. The zero-order valence-electron chi connectivity index (χ0n) is 14.7. The van der Waals surface area contributed by atoms with Crippen molar-refractivity contribution in [2.75, 3.05) is 5.73 Å². The Morgan fingerprint density at radius 2 is 2.07 bits per heavy atom. The second-order valence-electron chi connectivity index (χ2n) is 6.28. The van der Waals surface area contributed by atoms with Gasteiger partial charge in [0.2, 0.25) is 0 Å². The van der Waals surface area contributed by atoms with E-state index in [1.165, 1.54) is 11.5 Å². The van der Waals surface area contributed by atoms with Crippen molar-refractivity contribution in [1.82, 2.24) is 14.6 Å². The fourth-order valence-electron chi connectivity index (χ4n) is 2.87. The number of anilines is 1. The second-order valence-corrected chi connectivity index (χ2v) is 6.94. The summed E-state index contributed by atoms with van der Waals surface area (Å²) in [5.41, 5.74) is 10.9. The Morgan fingerprint density at radius 1 is 1.19 bits per heavy atom. The molecule has 6 nitrogen and oxygen atoms in total. The Morgan fingerprint density at radius 3 is 2.85 bits per heavy atom. The van der Waals surface area contributed by atoms with E-state index in [1.54, 1.807) is 19.2 Å². The fraction of sp³-hybridized carbons (Fsp3) is 0.105. The zero-order valence-corrected chi connectivity index (χ0v) is 15.5. The molecule has 0 saturated carbocycles. The van der Waals surface area contributed by atoms with Crippen molar-refractivity contribution in [3.63, 3.8) is 0 Å². The molecule has 0 aliphatic carbocycles. The third kappa shape index (κ3) is 3.62. The molecule has 0 aliphatic rings. The molecule has 0 unspecified atom stereocenters. The highest BCUT2D eigenvalue weighted by atomic mass is 32.1. The topological polar surface area (TPSA) is 94.2 Å². The summed E-state index contributed by atoms with van der Waals surface area (Å²) >= 11 is 1.39. The first-order valence-corrected chi connectivity index (χ1v) is 9.30. The normalized spacial score (nSPS) is 10.9. The van der Waals surface area contributed by atoms with E-state index < -0.39 is 6.92 Å².